The summed E-state index contributed by atoms with van der Waals surface area (Å²) in [7, 11) is 0. The van der Waals surface area contributed by atoms with Crippen LogP contribution >= 0.6 is 0 Å². The van der Waals surface area contributed by atoms with Crippen molar-refractivity contribution in [3.05, 3.63) is 0 Å². The van der Waals surface area contributed by atoms with E-state index in [-0.39, 0.29) is 18.7 Å². The molecular formula is C21H42O4. The highest BCUT2D eigenvalue weighted by molar-refractivity contribution is 5.69. The van der Waals surface area contributed by atoms with Crippen molar-refractivity contribution in [1.29, 1.82) is 0 Å². The van der Waals surface area contributed by atoms with Gasteiger partial charge in [-0.3, -0.25) is 4.79 Å². The molecule has 0 fully saturated rings. The number of unbranched alkanes of at least 4 members (excludes halogenated alkanes) is 10. The first-order valence-corrected chi connectivity index (χ1v) is 10.6. The third kappa shape index (κ3) is 19.6. The van der Waals surface area contributed by atoms with Crippen molar-refractivity contribution in [2.45, 2.75) is 122 Å². The van der Waals surface area contributed by atoms with Crippen molar-refractivity contribution in [2.24, 2.45) is 0 Å². The van der Waals surface area contributed by atoms with Crippen LogP contribution in [0.4, 0.5) is 0 Å². The van der Waals surface area contributed by atoms with Gasteiger partial charge in [0.05, 0.1) is 12.2 Å². The molecule has 0 saturated heterocycles. The largest absolute Gasteiger partial charge is 0.463 e. The molecule has 2 N–H and O–H groups in total. The summed E-state index contributed by atoms with van der Waals surface area (Å²) in [5.74, 6) is -0.200. The number of aliphatic hydroxyl groups is 2. The van der Waals surface area contributed by atoms with Crippen molar-refractivity contribution in [2.75, 3.05) is 6.61 Å². The Hall–Kier alpha value is -0.610. The summed E-state index contributed by atoms with van der Waals surface area (Å²) in [6.07, 6.45) is 15.9. The van der Waals surface area contributed by atoms with Gasteiger partial charge in [0.25, 0.3) is 0 Å². The van der Waals surface area contributed by atoms with Crippen LogP contribution in [0.3, 0.4) is 0 Å². The highest BCUT2D eigenvalue weighted by Gasteiger charge is 2.05. The van der Waals surface area contributed by atoms with Gasteiger partial charge >= 0.3 is 5.97 Å². The molecule has 25 heavy (non-hydrogen) atoms. The molecule has 4 nitrogen and oxygen atoms in total. The molecule has 0 aromatic carbocycles. The fourth-order valence-corrected chi connectivity index (χ4v) is 2.95. The van der Waals surface area contributed by atoms with Crippen LogP contribution in [0.5, 0.6) is 0 Å². The first-order valence-electron chi connectivity index (χ1n) is 10.6. The average molecular weight is 359 g/mol. The average Bonchev–Trinajstić information content (AvgIpc) is 2.58. The standard InChI is InChI=1S/C21H42O4/c1-3-4-5-12-15-20(23)16-13-10-8-6-7-9-11-14-17-21(24)25-18-19(2)22/h19-20,22-23H,3-18H2,1-2H3. The van der Waals surface area contributed by atoms with E-state index in [4.69, 9.17) is 9.84 Å². The number of aliphatic hydroxyl groups excluding tert-OH is 2. The van der Waals surface area contributed by atoms with Crippen LogP contribution in [0, 0.1) is 0 Å². The van der Waals surface area contributed by atoms with E-state index in [1.54, 1.807) is 6.92 Å². The lowest BCUT2D eigenvalue weighted by atomic mass is 10.0. The SMILES string of the molecule is CCCCCCC(O)CCCCCCCCCCC(=O)OCC(C)O. The van der Waals surface area contributed by atoms with Crippen LogP contribution in [0.2, 0.25) is 0 Å². The molecule has 0 spiro atoms. The Kier molecular flexibility index (Phi) is 17.7. The second-order valence-corrected chi connectivity index (χ2v) is 7.40. The minimum absolute atomic E-state index is 0.0922. The van der Waals surface area contributed by atoms with Crippen LogP contribution in [-0.2, 0) is 9.53 Å². The lowest BCUT2D eigenvalue weighted by molar-refractivity contribution is -0.146. The van der Waals surface area contributed by atoms with Crippen LogP contribution < -0.4 is 0 Å². The first-order chi connectivity index (χ1) is 12.1. The van der Waals surface area contributed by atoms with Gasteiger partial charge in [0.1, 0.15) is 6.61 Å². The fourth-order valence-electron chi connectivity index (χ4n) is 2.95. The minimum Gasteiger partial charge on any atom is -0.463 e. The Morgan fingerprint density at radius 3 is 1.80 bits per heavy atom. The van der Waals surface area contributed by atoms with Gasteiger partial charge in [-0.05, 0) is 26.2 Å². The van der Waals surface area contributed by atoms with Crippen molar-refractivity contribution >= 4 is 5.97 Å². The molecule has 0 aliphatic carbocycles. The maximum atomic E-state index is 11.4. The molecule has 0 aliphatic rings. The maximum absolute atomic E-state index is 11.4. The number of hydrogen-bond acceptors (Lipinski definition) is 4. The van der Waals surface area contributed by atoms with Gasteiger partial charge in [0.15, 0.2) is 0 Å². The first kappa shape index (κ1) is 24.4. The zero-order valence-corrected chi connectivity index (χ0v) is 16.7. The Labute approximate surface area is 155 Å². The van der Waals surface area contributed by atoms with E-state index in [2.05, 4.69) is 6.92 Å². The van der Waals surface area contributed by atoms with Gasteiger partial charge in [0.2, 0.25) is 0 Å². The van der Waals surface area contributed by atoms with E-state index in [0.29, 0.717) is 6.42 Å². The van der Waals surface area contributed by atoms with Gasteiger partial charge in [-0.1, -0.05) is 77.6 Å². The molecule has 0 aromatic heterocycles. The topological polar surface area (TPSA) is 66.8 Å². The second-order valence-electron chi connectivity index (χ2n) is 7.40. The molecule has 0 aliphatic heterocycles. The number of esters is 1. The summed E-state index contributed by atoms with van der Waals surface area (Å²) < 4.78 is 4.92. The van der Waals surface area contributed by atoms with Gasteiger partial charge in [-0.15, -0.1) is 0 Å². The Bertz CT molecular complexity index is 292. The molecule has 2 unspecified atom stereocenters. The molecule has 2 atom stereocenters. The van der Waals surface area contributed by atoms with Crippen molar-refractivity contribution in [3.8, 4) is 0 Å². The molecule has 0 rings (SSSR count). The lowest BCUT2D eigenvalue weighted by Crippen LogP contribution is -2.14. The molecule has 150 valence electrons. The van der Waals surface area contributed by atoms with Gasteiger partial charge < -0.3 is 14.9 Å². The van der Waals surface area contributed by atoms with E-state index < -0.39 is 6.10 Å². The van der Waals surface area contributed by atoms with E-state index in [1.807, 2.05) is 0 Å². The van der Waals surface area contributed by atoms with Crippen molar-refractivity contribution < 1.29 is 19.7 Å². The number of hydrogen-bond donors (Lipinski definition) is 2. The Morgan fingerprint density at radius 2 is 1.28 bits per heavy atom. The quantitative estimate of drug-likeness (QED) is 0.263. The Balaban J connectivity index is 3.22. The molecule has 0 bridgehead atoms. The van der Waals surface area contributed by atoms with E-state index in [0.717, 1.165) is 32.1 Å². The van der Waals surface area contributed by atoms with Crippen LogP contribution in [0.15, 0.2) is 0 Å². The highest BCUT2D eigenvalue weighted by Crippen LogP contribution is 2.14. The number of rotatable bonds is 18. The highest BCUT2D eigenvalue weighted by atomic mass is 16.5. The van der Waals surface area contributed by atoms with Crippen LogP contribution in [0.25, 0.3) is 0 Å². The molecule has 0 radical (unpaired) electrons. The summed E-state index contributed by atoms with van der Waals surface area (Å²) >= 11 is 0. The Morgan fingerprint density at radius 1 is 0.800 bits per heavy atom. The van der Waals surface area contributed by atoms with E-state index in [1.165, 1.54) is 57.8 Å². The summed E-state index contributed by atoms with van der Waals surface area (Å²) in [6.45, 7) is 3.93. The molecule has 4 heteroatoms. The lowest BCUT2D eigenvalue weighted by Gasteiger charge is -2.10. The molecule has 0 amide bonds. The molecule has 0 heterocycles. The van der Waals surface area contributed by atoms with Crippen LogP contribution in [0.1, 0.15) is 110 Å². The fraction of sp³-hybridized carbons (Fsp3) is 0.952. The van der Waals surface area contributed by atoms with Crippen molar-refractivity contribution in [1.82, 2.24) is 0 Å². The summed E-state index contributed by atoms with van der Waals surface area (Å²) in [5.41, 5.74) is 0. The monoisotopic (exact) mass is 358 g/mol. The number of carbonyl (C=O) groups excluding carboxylic acids is 1. The third-order valence-corrected chi connectivity index (χ3v) is 4.54. The molecule has 0 aromatic rings. The van der Waals surface area contributed by atoms with E-state index in [9.17, 15) is 9.90 Å². The summed E-state index contributed by atoms with van der Waals surface area (Å²) in [6, 6.07) is 0. The number of carbonyl (C=O) groups is 1. The van der Waals surface area contributed by atoms with E-state index >= 15 is 0 Å². The maximum Gasteiger partial charge on any atom is 0.305 e. The predicted molar refractivity (Wildman–Crippen MR) is 104 cm³/mol. The summed E-state index contributed by atoms with van der Waals surface area (Å²) in [4.78, 5) is 11.4. The van der Waals surface area contributed by atoms with Gasteiger partial charge in [-0.2, -0.15) is 0 Å². The van der Waals surface area contributed by atoms with Gasteiger partial charge in [-0.25, -0.2) is 0 Å². The predicted octanol–water partition coefficient (Wildman–Crippen LogP) is 5.14. The summed E-state index contributed by atoms with van der Waals surface area (Å²) in [5, 5.41) is 18.9. The smallest absolute Gasteiger partial charge is 0.305 e. The third-order valence-electron chi connectivity index (χ3n) is 4.54. The molecular weight excluding hydrogens is 316 g/mol. The zero-order valence-electron chi connectivity index (χ0n) is 16.7. The normalized spacial score (nSPS) is 13.6. The zero-order chi connectivity index (χ0) is 18.8. The number of ether oxygens (including phenoxy) is 1. The van der Waals surface area contributed by atoms with Gasteiger partial charge in [0, 0.05) is 6.42 Å². The molecule has 0 saturated carbocycles. The minimum atomic E-state index is -0.578. The second kappa shape index (κ2) is 18.2. The van der Waals surface area contributed by atoms with Crippen LogP contribution in [-0.4, -0.2) is 35.0 Å². The van der Waals surface area contributed by atoms with Crippen molar-refractivity contribution in [3.63, 3.8) is 0 Å².